The van der Waals surface area contributed by atoms with E-state index in [0.29, 0.717) is 18.7 Å². The van der Waals surface area contributed by atoms with Crippen LogP contribution in [0.1, 0.15) is 11.6 Å². The minimum Gasteiger partial charge on any atom is -0.428 e. The van der Waals surface area contributed by atoms with Crippen LogP contribution < -0.4 is 10.1 Å². The summed E-state index contributed by atoms with van der Waals surface area (Å²) in [5.74, 6) is -0.253. The van der Waals surface area contributed by atoms with Crippen molar-refractivity contribution >= 4 is 24.8 Å². The maximum absolute atomic E-state index is 13.2. The van der Waals surface area contributed by atoms with E-state index in [9.17, 15) is 17.6 Å². The molecule has 1 aliphatic rings. The molecule has 0 aromatic heterocycles. The molecule has 9 heteroatoms. The van der Waals surface area contributed by atoms with Crippen molar-refractivity contribution in [2.75, 3.05) is 26.2 Å². The molecule has 0 radical (unpaired) electrons. The number of hydrogen-bond acceptors (Lipinski definition) is 3. The lowest BCUT2D eigenvalue weighted by atomic mass is 10.0. The third kappa shape index (κ3) is 5.51. The summed E-state index contributed by atoms with van der Waals surface area (Å²) in [6, 6.07) is 5.61. The number of nitrogens with zero attached hydrogens (tertiary/aromatic N) is 1. The van der Waals surface area contributed by atoms with Gasteiger partial charge in [0.2, 0.25) is 0 Å². The molecule has 2 rings (SSSR count). The van der Waals surface area contributed by atoms with Gasteiger partial charge in [-0.15, -0.1) is 31.4 Å². The fourth-order valence-electron chi connectivity index (χ4n) is 2.44. The molecule has 3 nitrogen and oxygen atoms in total. The second kappa shape index (κ2) is 10.1. The van der Waals surface area contributed by atoms with Crippen LogP contribution in [0.2, 0.25) is 0 Å². The van der Waals surface area contributed by atoms with Gasteiger partial charge in [0.05, 0.1) is 6.04 Å². The highest BCUT2D eigenvalue weighted by Crippen LogP contribution is 2.35. The van der Waals surface area contributed by atoms with Crippen LogP contribution in [0.3, 0.4) is 0 Å². The molecule has 1 saturated heterocycles. The Morgan fingerprint density at radius 1 is 1.17 bits per heavy atom. The number of piperazine rings is 1. The highest BCUT2D eigenvalue weighted by atomic mass is 35.5. The van der Waals surface area contributed by atoms with Crippen LogP contribution in [0, 0.1) is 0 Å². The van der Waals surface area contributed by atoms with Gasteiger partial charge in [-0.2, -0.15) is 17.6 Å². The Balaban J connectivity index is 0.00000264. The molecule has 0 saturated carbocycles. The maximum atomic E-state index is 13.2. The average molecular weight is 391 g/mol. The second-order valence-electron chi connectivity index (χ2n) is 4.97. The summed E-state index contributed by atoms with van der Waals surface area (Å²) < 4.78 is 55.4. The van der Waals surface area contributed by atoms with Crippen molar-refractivity contribution in [2.24, 2.45) is 0 Å². The van der Waals surface area contributed by atoms with E-state index in [0.717, 1.165) is 13.1 Å². The van der Waals surface area contributed by atoms with E-state index in [1.54, 1.807) is 18.2 Å². The van der Waals surface area contributed by atoms with E-state index in [1.165, 1.54) is 12.1 Å². The summed E-state index contributed by atoms with van der Waals surface area (Å²) in [7, 11) is 0. The van der Waals surface area contributed by atoms with Crippen LogP contribution in [0.5, 0.6) is 5.75 Å². The summed E-state index contributed by atoms with van der Waals surface area (Å²) in [4.78, 5) is 2.03. The zero-order valence-electron chi connectivity index (χ0n) is 12.8. The lowest BCUT2D eigenvalue weighted by molar-refractivity contribution is -0.253. The van der Waals surface area contributed by atoms with Crippen molar-refractivity contribution in [1.29, 1.82) is 0 Å². The fraction of sp³-hybridized carbons (Fsp3) is 0.467. The molecule has 0 aliphatic carbocycles. The molecule has 0 amide bonds. The van der Waals surface area contributed by atoms with Crippen LogP contribution >= 0.6 is 24.8 Å². The summed E-state index contributed by atoms with van der Waals surface area (Å²) in [6.45, 7) is 6.67. The molecule has 1 heterocycles. The highest BCUT2D eigenvalue weighted by molar-refractivity contribution is 5.85. The lowest BCUT2D eigenvalue weighted by Gasteiger charge is -2.34. The van der Waals surface area contributed by atoms with Crippen molar-refractivity contribution in [3.8, 4) is 5.75 Å². The van der Waals surface area contributed by atoms with E-state index in [-0.39, 0.29) is 36.6 Å². The molecule has 0 spiro atoms. The normalized spacial score (nSPS) is 16.7. The Morgan fingerprint density at radius 2 is 1.75 bits per heavy atom. The molecular weight excluding hydrogens is 371 g/mol. The Labute approximate surface area is 150 Å². The molecule has 138 valence electrons. The minimum absolute atomic E-state index is 0. The second-order valence-corrected chi connectivity index (χ2v) is 4.97. The summed E-state index contributed by atoms with van der Waals surface area (Å²) in [5, 5.41) is 3.19. The zero-order valence-corrected chi connectivity index (χ0v) is 14.4. The van der Waals surface area contributed by atoms with Gasteiger partial charge in [-0.05, 0) is 6.07 Å². The maximum Gasteiger partial charge on any atom is 0.461 e. The lowest BCUT2D eigenvalue weighted by Crippen LogP contribution is -2.44. The predicted octanol–water partition coefficient (Wildman–Crippen LogP) is 3.90. The Hall–Kier alpha value is -1.02. The van der Waals surface area contributed by atoms with Crippen LogP contribution in [-0.4, -0.2) is 43.6 Å². The molecule has 24 heavy (non-hydrogen) atoms. The van der Waals surface area contributed by atoms with Crippen LogP contribution in [-0.2, 0) is 0 Å². The predicted molar refractivity (Wildman–Crippen MR) is 89.9 cm³/mol. The van der Waals surface area contributed by atoms with Crippen molar-refractivity contribution in [2.45, 2.75) is 18.6 Å². The number of hydrogen-bond donors (Lipinski definition) is 1. The van der Waals surface area contributed by atoms with Crippen LogP contribution in [0.4, 0.5) is 17.6 Å². The van der Waals surface area contributed by atoms with Gasteiger partial charge in [-0.3, -0.25) is 4.90 Å². The quantitative estimate of drug-likeness (QED) is 0.588. The first kappa shape index (κ1) is 23.0. The average Bonchev–Trinajstić information content (AvgIpc) is 2.50. The molecule has 1 fully saturated rings. The zero-order chi connectivity index (χ0) is 16.2. The minimum atomic E-state index is -4.52. The molecule has 1 aromatic carbocycles. The number of nitrogens with one attached hydrogen (secondary N) is 1. The topological polar surface area (TPSA) is 24.5 Å². The smallest absolute Gasteiger partial charge is 0.428 e. The van der Waals surface area contributed by atoms with Crippen LogP contribution in [0.25, 0.3) is 0 Å². The number of benzene rings is 1. The molecule has 0 bridgehead atoms. The van der Waals surface area contributed by atoms with Crippen molar-refractivity contribution in [1.82, 2.24) is 10.2 Å². The first-order valence-corrected chi connectivity index (χ1v) is 6.97. The van der Waals surface area contributed by atoms with Gasteiger partial charge in [-0.1, -0.05) is 24.3 Å². The Bertz CT molecular complexity index is 514. The number of halogens is 6. The SMILES string of the molecule is C=C[C@@H](c1ccccc1OC(F)(F)C(F)F)N1CCNCC1.Cl.Cl. The summed E-state index contributed by atoms with van der Waals surface area (Å²) >= 11 is 0. The van der Waals surface area contributed by atoms with Gasteiger partial charge in [0.1, 0.15) is 5.75 Å². The Morgan fingerprint density at radius 3 is 2.29 bits per heavy atom. The number of para-hydroxylation sites is 1. The van der Waals surface area contributed by atoms with Crippen molar-refractivity contribution in [3.05, 3.63) is 42.5 Å². The van der Waals surface area contributed by atoms with Crippen molar-refractivity contribution < 1.29 is 22.3 Å². The van der Waals surface area contributed by atoms with E-state index in [4.69, 9.17) is 0 Å². The van der Waals surface area contributed by atoms with E-state index >= 15 is 0 Å². The van der Waals surface area contributed by atoms with Gasteiger partial charge in [-0.25, -0.2) is 0 Å². The fourth-order valence-corrected chi connectivity index (χ4v) is 2.44. The number of rotatable bonds is 6. The molecule has 1 atom stereocenters. The largest absolute Gasteiger partial charge is 0.461 e. The van der Waals surface area contributed by atoms with E-state index in [2.05, 4.69) is 16.6 Å². The monoisotopic (exact) mass is 390 g/mol. The number of alkyl halides is 4. The molecule has 1 N–H and O–H groups in total. The van der Waals surface area contributed by atoms with Gasteiger partial charge >= 0.3 is 12.5 Å². The molecule has 0 unspecified atom stereocenters. The van der Waals surface area contributed by atoms with Gasteiger partial charge in [0, 0.05) is 31.7 Å². The van der Waals surface area contributed by atoms with E-state index < -0.39 is 12.5 Å². The van der Waals surface area contributed by atoms with Gasteiger partial charge in [0.15, 0.2) is 0 Å². The Kier molecular flexibility index (Phi) is 9.65. The summed E-state index contributed by atoms with van der Waals surface area (Å²) in [6.07, 6.45) is -6.80. The summed E-state index contributed by atoms with van der Waals surface area (Å²) in [5.41, 5.74) is 0.403. The van der Waals surface area contributed by atoms with Gasteiger partial charge in [0.25, 0.3) is 0 Å². The standard InChI is InChI=1S/C15H18F4N2O.2ClH/c1-2-12(21-9-7-20-8-10-21)11-5-3-4-6-13(11)22-15(18,19)14(16)17;;/h2-6,12,14,20H,1,7-10H2;2*1H/t12-;;/m0../s1. The number of ether oxygens (including phenoxy) is 1. The molecular formula is C15H20Cl2F4N2O. The van der Waals surface area contributed by atoms with E-state index in [1.807, 2.05) is 4.90 Å². The first-order chi connectivity index (χ1) is 10.5. The molecule has 1 aliphatic heterocycles. The van der Waals surface area contributed by atoms with Crippen LogP contribution in [0.15, 0.2) is 36.9 Å². The first-order valence-electron chi connectivity index (χ1n) is 6.97. The van der Waals surface area contributed by atoms with Crippen molar-refractivity contribution in [3.63, 3.8) is 0 Å². The third-order valence-corrected chi connectivity index (χ3v) is 3.51. The highest BCUT2D eigenvalue weighted by Gasteiger charge is 2.44. The van der Waals surface area contributed by atoms with Gasteiger partial charge < -0.3 is 10.1 Å². The third-order valence-electron chi connectivity index (χ3n) is 3.51. The molecule has 1 aromatic rings.